The van der Waals surface area contributed by atoms with E-state index >= 15 is 0 Å². The number of nitrogens with zero attached hydrogens (tertiary/aromatic N) is 2. The summed E-state index contributed by atoms with van der Waals surface area (Å²) >= 11 is 1.55. The zero-order chi connectivity index (χ0) is 24.0. The molecule has 5 nitrogen and oxygen atoms in total. The Balaban J connectivity index is 1.53. The lowest BCUT2D eigenvalue weighted by molar-refractivity contribution is 0.102. The number of para-hydroxylation sites is 1. The fraction of sp³-hybridized carbons (Fsp3) is 0.321. The van der Waals surface area contributed by atoms with Crippen LogP contribution in [0.4, 0.5) is 5.00 Å². The van der Waals surface area contributed by atoms with Gasteiger partial charge in [-0.05, 0) is 67.3 Å². The van der Waals surface area contributed by atoms with Crippen molar-refractivity contribution in [1.29, 1.82) is 5.26 Å². The number of aromatic nitrogens is 1. The lowest BCUT2D eigenvalue weighted by Crippen LogP contribution is -2.26. The maximum atomic E-state index is 13.5. The van der Waals surface area contributed by atoms with Crippen LogP contribution in [0.2, 0.25) is 0 Å². The van der Waals surface area contributed by atoms with E-state index in [1.807, 2.05) is 43.3 Å². The molecule has 3 aromatic heterocycles. The maximum absolute atomic E-state index is 13.5. The van der Waals surface area contributed by atoms with Gasteiger partial charge in [-0.3, -0.25) is 4.79 Å². The van der Waals surface area contributed by atoms with Crippen LogP contribution in [-0.2, 0) is 12.8 Å². The van der Waals surface area contributed by atoms with Crippen LogP contribution < -0.4 is 5.32 Å². The van der Waals surface area contributed by atoms with Gasteiger partial charge in [-0.1, -0.05) is 39.0 Å². The average Bonchev–Trinajstić information content (AvgIpc) is 3.39. The number of fused-ring (bicyclic) bond motifs is 2. The highest BCUT2D eigenvalue weighted by Gasteiger charge is 2.32. The Kier molecular flexibility index (Phi) is 5.53. The first-order valence-corrected chi connectivity index (χ1v) is 12.4. The summed E-state index contributed by atoms with van der Waals surface area (Å²) in [7, 11) is 0. The number of carbonyl (C=O) groups excluding carboxylic acids is 1. The van der Waals surface area contributed by atoms with Gasteiger partial charge >= 0.3 is 0 Å². The molecule has 5 rings (SSSR count). The molecule has 172 valence electrons. The van der Waals surface area contributed by atoms with Crippen LogP contribution in [0.5, 0.6) is 0 Å². The van der Waals surface area contributed by atoms with Crippen molar-refractivity contribution in [2.24, 2.45) is 11.3 Å². The average molecular weight is 470 g/mol. The highest BCUT2D eigenvalue weighted by Crippen LogP contribution is 2.44. The number of hydrogen-bond acceptors (Lipinski definition) is 5. The smallest absolute Gasteiger partial charge is 0.257 e. The number of nitrogens with one attached hydrogen (secondary N) is 1. The van der Waals surface area contributed by atoms with Crippen LogP contribution in [0.15, 0.2) is 46.9 Å². The Morgan fingerprint density at radius 2 is 2.03 bits per heavy atom. The molecule has 0 spiro atoms. The van der Waals surface area contributed by atoms with Gasteiger partial charge in [0.2, 0.25) is 0 Å². The monoisotopic (exact) mass is 469 g/mol. The molecule has 0 saturated heterocycles. The predicted molar refractivity (Wildman–Crippen MR) is 136 cm³/mol. The highest BCUT2D eigenvalue weighted by molar-refractivity contribution is 7.16. The van der Waals surface area contributed by atoms with Crippen molar-refractivity contribution >= 4 is 33.1 Å². The second kappa shape index (κ2) is 8.41. The molecular weight excluding hydrogens is 442 g/mol. The normalized spacial score (nSPS) is 15.7. The minimum absolute atomic E-state index is 0.217. The van der Waals surface area contributed by atoms with Crippen molar-refractivity contribution in [3.05, 3.63) is 69.8 Å². The predicted octanol–water partition coefficient (Wildman–Crippen LogP) is 7.14. The molecule has 1 aromatic carbocycles. The van der Waals surface area contributed by atoms with Crippen molar-refractivity contribution in [3.63, 3.8) is 0 Å². The van der Waals surface area contributed by atoms with Crippen LogP contribution >= 0.6 is 11.3 Å². The van der Waals surface area contributed by atoms with Crippen molar-refractivity contribution in [1.82, 2.24) is 4.98 Å². The molecule has 1 amide bonds. The van der Waals surface area contributed by atoms with E-state index in [0.717, 1.165) is 41.5 Å². The third-order valence-corrected chi connectivity index (χ3v) is 7.95. The number of anilines is 1. The van der Waals surface area contributed by atoms with Crippen LogP contribution in [0.25, 0.3) is 22.4 Å². The third kappa shape index (κ3) is 4.01. The van der Waals surface area contributed by atoms with Gasteiger partial charge in [0.1, 0.15) is 22.5 Å². The van der Waals surface area contributed by atoms with E-state index in [1.165, 1.54) is 4.88 Å². The summed E-state index contributed by atoms with van der Waals surface area (Å²) in [6, 6.07) is 15.5. The van der Waals surface area contributed by atoms with Crippen LogP contribution in [0.1, 0.15) is 59.3 Å². The molecule has 34 heavy (non-hydrogen) atoms. The first kappa shape index (κ1) is 22.4. The zero-order valence-electron chi connectivity index (χ0n) is 19.9. The molecule has 1 aliphatic carbocycles. The fourth-order valence-corrected chi connectivity index (χ4v) is 6.04. The van der Waals surface area contributed by atoms with Gasteiger partial charge in [0, 0.05) is 10.3 Å². The van der Waals surface area contributed by atoms with Gasteiger partial charge in [0.25, 0.3) is 5.91 Å². The number of carbonyl (C=O) groups is 1. The van der Waals surface area contributed by atoms with Crippen molar-refractivity contribution < 1.29 is 9.21 Å². The number of rotatable bonds is 3. The van der Waals surface area contributed by atoms with Gasteiger partial charge in [-0.15, -0.1) is 11.3 Å². The maximum Gasteiger partial charge on any atom is 0.257 e. The van der Waals surface area contributed by atoms with Crippen LogP contribution in [0, 0.1) is 29.6 Å². The molecule has 1 N–H and O–H groups in total. The molecule has 4 aromatic rings. The molecule has 0 unspecified atom stereocenters. The van der Waals surface area contributed by atoms with E-state index in [-0.39, 0.29) is 11.3 Å². The second-order valence-electron chi connectivity index (χ2n) is 10.1. The number of furan rings is 1. The van der Waals surface area contributed by atoms with Gasteiger partial charge < -0.3 is 9.73 Å². The van der Waals surface area contributed by atoms with Gasteiger partial charge in [-0.25, -0.2) is 4.98 Å². The summed E-state index contributed by atoms with van der Waals surface area (Å²) in [5.41, 5.74) is 3.77. The van der Waals surface area contributed by atoms with Gasteiger partial charge in [-0.2, -0.15) is 5.26 Å². The van der Waals surface area contributed by atoms with E-state index in [0.29, 0.717) is 33.5 Å². The van der Waals surface area contributed by atoms with E-state index < -0.39 is 0 Å². The molecule has 1 atom stereocenters. The summed E-state index contributed by atoms with van der Waals surface area (Å²) < 4.78 is 5.77. The molecule has 1 aliphatic rings. The van der Waals surface area contributed by atoms with E-state index in [2.05, 4.69) is 32.2 Å². The van der Waals surface area contributed by atoms with Crippen LogP contribution in [0.3, 0.4) is 0 Å². The van der Waals surface area contributed by atoms with Gasteiger partial charge in [0.05, 0.1) is 16.6 Å². The summed E-state index contributed by atoms with van der Waals surface area (Å²) in [5, 5.41) is 14.4. The van der Waals surface area contributed by atoms with E-state index in [4.69, 9.17) is 9.40 Å². The second-order valence-corrected chi connectivity index (χ2v) is 11.2. The standard InChI is InChI=1S/C28H27N3O2S/c1-16-9-12-24(33-16)23-14-20(18-7-5-6-8-22(18)30-23)26(32)31-27-21(15-29)19-11-10-17(28(2,3)4)13-25(19)34-27/h5-9,12,14,17H,10-11,13H2,1-4H3,(H,31,32)/t17-/m0/s1. The molecule has 3 heterocycles. The Morgan fingerprint density at radius 3 is 2.74 bits per heavy atom. The number of pyridine rings is 1. The molecule has 0 aliphatic heterocycles. The SMILES string of the molecule is Cc1ccc(-c2cc(C(=O)Nc3sc4c(c3C#N)CC[C@H](C(C)(C)C)C4)c3ccccc3n2)o1. The molecule has 0 radical (unpaired) electrons. The van der Waals surface area contributed by atoms with E-state index in [9.17, 15) is 10.1 Å². The zero-order valence-corrected chi connectivity index (χ0v) is 20.7. The number of aryl methyl sites for hydroxylation is 1. The largest absolute Gasteiger partial charge is 0.460 e. The molecule has 0 fully saturated rings. The number of hydrogen-bond donors (Lipinski definition) is 1. The number of nitriles is 1. The molecular formula is C28H27N3O2S. The quantitative estimate of drug-likeness (QED) is 0.346. The van der Waals surface area contributed by atoms with E-state index in [1.54, 1.807) is 17.4 Å². The molecule has 6 heteroatoms. The highest BCUT2D eigenvalue weighted by atomic mass is 32.1. The van der Waals surface area contributed by atoms with Crippen molar-refractivity contribution in [3.8, 4) is 17.5 Å². The number of thiophene rings is 1. The third-order valence-electron chi connectivity index (χ3n) is 6.78. The topological polar surface area (TPSA) is 78.9 Å². The molecule has 0 saturated carbocycles. The summed E-state index contributed by atoms with van der Waals surface area (Å²) in [5.74, 6) is 1.73. The van der Waals surface area contributed by atoms with Gasteiger partial charge in [0.15, 0.2) is 5.76 Å². The lowest BCUT2D eigenvalue weighted by Gasteiger charge is -2.33. The molecule has 0 bridgehead atoms. The van der Waals surface area contributed by atoms with Crippen molar-refractivity contribution in [2.45, 2.75) is 47.0 Å². The minimum Gasteiger partial charge on any atom is -0.460 e. The minimum atomic E-state index is -0.245. The Morgan fingerprint density at radius 1 is 1.24 bits per heavy atom. The first-order chi connectivity index (χ1) is 16.2. The summed E-state index contributed by atoms with van der Waals surface area (Å²) in [6.07, 6.45) is 2.90. The fourth-order valence-electron chi connectivity index (χ4n) is 4.76. The number of amides is 1. The Bertz CT molecular complexity index is 1450. The summed E-state index contributed by atoms with van der Waals surface area (Å²) in [4.78, 5) is 19.5. The summed E-state index contributed by atoms with van der Waals surface area (Å²) in [6.45, 7) is 8.70. The Hall–Kier alpha value is -3.43. The van der Waals surface area contributed by atoms with Crippen molar-refractivity contribution in [2.75, 3.05) is 5.32 Å². The van der Waals surface area contributed by atoms with Crippen LogP contribution in [-0.4, -0.2) is 10.9 Å². The number of benzene rings is 1. The Labute approximate surface area is 203 Å². The lowest BCUT2D eigenvalue weighted by atomic mass is 9.72. The first-order valence-electron chi connectivity index (χ1n) is 11.6.